The molecule has 1 amide bonds. The van der Waals surface area contributed by atoms with E-state index < -0.39 is 0 Å². The number of hydrogen-bond donors (Lipinski definition) is 1. The molecule has 0 spiro atoms. The molecule has 2 aliphatic rings. The maximum absolute atomic E-state index is 13.2. The van der Waals surface area contributed by atoms with Crippen LogP contribution in [0.4, 0.5) is 10.1 Å². The van der Waals surface area contributed by atoms with Gasteiger partial charge in [-0.15, -0.1) is 0 Å². The monoisotopic (exact) mass is 477 g/mol. The van der Waals surface area contributed by atoms with Gasteiger partial charge in [0.1, 0.15) is 5.82 Å². The lowest BCUT2D eigenvalue weighted by Crippen LogP contribution is -2.42. The molecule has 3 aromatic rings. The molecule has 1 unspecified atom stereocenters. The average molecular weight is 478 g/mol. The fraction of sp³-hybridized carbons (Fsp3) is 0.444. The number of halogens is 1. The summed E-state index contributed by atoms with van der Waals surface area (Å²) in [6.07, 6.45) is 5.67. The molecule has 0 bridgehead atoms. The number of benzene rings is 2. The quantitative estimate of drug-likeness (QED) is 0.544. The first-order valence-corrected chi connectivity index (χ1v) is 12.6. The van der Waals surface area contributed by atoms with Crippen molar-refractivity contribution < 1.29 is 13.7 Å². The number of rotatable bonds is 7. The lowest BCUT2D eigenvalue weighted by atomic mass is 9.97. The second-order valence-electron chi connectivity index (χ2n) is 9.52. The molecule has 35 heavy (non-hydrogen) atoms. The highest BCUT2D eigenvalue weighted by Crippen LogP contribution is 2.22. The number of nitrogens with one attached hydrogen (secondary N) is 1. The third-order valence-electron chi connectivity index (χ3n) is 6.93. The van der Waals surface area contributed by atoms with E-state index in [9.17, 15) is 9.18 Å². The molecule has 2 fully saturated rings. The molecule has 0 saturated carbocycles. The zero-order valence-corrected chi connectivity index (χ0v) is 20.0. The molecule has 8 heteroatoms. The summed E-state index contributed by atoms with van der Waals surface area (Å²) in [7, 11) is 0. The van der Waals surface area contributed by atoms with E-state index in [1.807, 2.05) is 0 Å². The maximum Gasteiger partial charge on any atom is 0.241 e. The number of carbonyl (C=O) groups excluding carboxylic acids is 1. The van der Waals surface area contributed by atoms with E-state index in [-0.39, 0.29) is 17.6 Å². The Kier molecular flexibility index (Phi) is 7.37. The van der Waals surface area contributed by atoms with Crippen LogP contribution in [0.25, 0.3) is 11.4 Å². The number of hydrogen-bond acceptors (Lipinski definition) is 6. The number of aromatic nitrogens is 2. The van der Waals surface area contributed by atoms with Crippen LogP contribution in [-0.2, 0) is 17.9 Å². The van der Waals surface area contributed by atoms with Crippen LogP contribution < -0.4 is 10.2 Å². The number of nitrogens with zero attached hydrogens (tertiary/aromatic N) is 4. The van der Waals surface area contributed by atoms with Crippen LogP contribution in [0.3, 0.4) is 0 Å². The van der Waals surface area contributed by atoms with Gasteiger partial charge in [-0.3, -0.25) is 9.69 Å². The summed E-state index contributed by atoms with van der Waals surface area (Å²) in [6.45, 7) is 4.84. The summed E-state index contributed by atoms with van der Waals surface area (Å²) in [4.78, 5) is 21.9. The Labute approximate surface area is 205 Å². The predicted molar refractivity (Wildman–Crippen MR) is 132 cm³/mol. The summed E-state index contributed by atoms with van der Waals surface area (Å²) in [5, 5.41) is 7.14. The van der Waals surface area contributed by atoms with E-state index in [2.05, 4.69) is 49.5 Å². The molecule has 3 heterocycles. The van der Waals surface area contributed by atoms with Gasteiger partial charge in [-0.05, 0) is 80.6 Å². The Morgan fingerprint density at radius 3 is 2.54 bits per heavy atom. The van der Waals surface area contributed by atoms with Crippen LogP contribution in [0.5, 0.6) is 0 Å². The molecule has 2 aliphatic heterocycles. The molecule has 1 aromatic heterocycles. The van der Waals surface area contributed by atoms with Crippen LogP contribution in [0.2, 0.25) is 0 Å². The summed E-state index contributed by atoms with van der Waals surface area (Å²) in [5.74, 6) is 0.671. The van der Waals surface area contributed by atoms with Crippen molar-refractivity contribution in [2.45, 2.75) is 45.2 Å². The van der Waals surface area contributed by atoms with Gasteiger partial charge in [-0.25, -0.2) is 4.39 Å². The van der Waals surface area contributed by atoms with Gasteiger partial charge in [0.05, 0.1) is 12.5 Å². The molecule has 1 N–H and O–H groups in total. The van der Waals surface area contributed by atoms with Gasteiger partial charge in [0.15, 0.2) is 0 Å². The van der Waals surface area contributed by atoms with E-state index in [4.69, 9.17) is 4.52 Å². The smallest absolute Gasteiger partial charge is 0.241 e. The first kappa shape index (κ1) is 23.5. The zero-order chi connectivity index (χ0) is 24.0. The van der Waals surface area contributed by atoms with Gasteiger partial charge >= 0.3 is 0 Å². The van der Waals surface area contributed by atoms with E-state index >= 15 is 0 Å². The third-order valence-corrected chi connectivity index (χ3v) is 6.93. The van der Waals surface area contributed by atoms with Crippen LogP contribution in [0, 0.1) is 11.7 Å². The van der Waals surface area contributed by atoms with Crippen molar-refractivity contribution in [2.75, 3.05) is 31.1 Å². The van der Waals surface area contributed by atoms with Crippen molar-refractivity contribution >= 4 is 11.6 Å². The van der Waals surface area contributed by atoms with E-state index in [0.717, 1.165) is 38.0 Å². The number of anilines is 1. The Bertz CT molecular complexity index is 1110. The van der Waals surface area contributed by atoms with Crippen LogP contribution in [0.1, 0.15) is 43.6 Å². The molecule has 2 saturated heterocycles. The minimum absolute atomic E-state index is 0.0594. The van der Waals surface area contributed by atoms with Crippen molar-refractivity contribution in [3.8, 4) is 11.4 Å². The number of amides is 1. The minimum Gasteiger partial charge on any atom is -0.372 e. The zero-order valence-electron chi connectivity index (χ0n) is 20.0. The van der Waals surface area contributed by atoms with Crippen LogP contribution in [-0.4, -0.2) is 47.1 Å². The molecular formula is C27H32FN5O2. The van der Waals surface area contributed by atoms with Gasteiger partial charge in [-0.2, -0.15) is 4.98 Å². The summed E-state index contributed by atoms with van der Waals surface area (Å²) in [6, 6.07) is 14.6. The average Bonchev–Trinajstić information content (AvgIpc) is 3.37. The van der Waals surface area contributed by atoms with Gasteiger partial charge in [0.2, 0.25) is 17.6 Å². The van der Waals surface area contributed by atoms with Crippen molar-refractivity contribution in [1.29, 1.82) is 0 Å². The highest BCUT2D eigenvalue weighted by atomic mass is 19.1. The number of likely N-dealkylation sites (tertiary alicyclic amines) is 1. The fourth-order valence-corrected chi connectivity index (χ4v) is 4.95. The van der Waals surface area contributed by atoms with Crippen molar-refractivity contribution in [3.63, 3.8) is 0 Å². The molecule has 2 aromatic carbocycles. The largest absolute Gasteiger partial charge is 0.372 e. The molecular weight excluding hydrogens is 445 g/mol. The molecule has 1 atom stereocenters. The summed E-state index contributed by atoms with van der Waals surface area (Å²) < 4.78 is 18.6. The summed E-state index contributed by atoms with van der Waals surface area (Å²) >= 11 is 0. The topological polar surface area (TPSA) is 74.5 Å². The molecule has 0 radical (unpaired) electrons. The predicted octanol–water partition coefficient (Wildman–Crippen LogP) is 4.39. The lowest BCUT2D eigenvalue weighted by Gasteiger charge is -2.31. The maximum atomic E-state index is 13.2. The highest BCUT2D eigenvalue weighted by Gasteiger charge is 2.27. The number of carbonyl (C=O) groups is 1. The van der Waals surface area contributed by atoms with Gasteiger partial charge in [0, 0.05) is 37.4 Å². The Balaban J connectivity index is 1.11. The first-order valence-electron chi connectivity index (χ1n) is 12.6. The van der Waals surface area contributed by atoms with Crippen molar-refractivity contribution in [1.82, 2.24) is 20.4 Å². The van der Waals surface area contributed by atoms with E-state index in [1.54, 1.807) is 12.1 Å². The van der Waals surface area contributed by atoms with Crippen molar-refractivity contribution in [3.05, 3.63) is 65.8 Å². The van der Waals surface area contributed by atoms with Gasteiger partial charge in [0.25, 0.3) is 0 Å². The van der Waals surface area contributed by atoms with Crippen LogP contribution >= 0.6 is 0 Å². The lowest BCUT2D eigenvalue weighted by molar-refractivity contribution is -0.127. The first-order chi connectivity index (χ1) is 17.1. The molecule has 0 aliphatic carbocycles. The second kappa shape index (κ2) is 11.0. The molecule has 184 valence electrons. The Morgan fingerprint density at radius 2 is 1.77 bits per heavy atom. The normalized spacial score (nSPS) is 19.0. The Morgan fingerprint density at radius 1 is 1.00 bits per heavy atom. The minimum atomic E-state index is -0.301. The van der Waals surface area contributed by atoms with Gasteiger partial charge < -0.3 is 14.7 Å². The molecule has 5 rings (SSSR count). The van der Waals surface area contributed by atoms with E-state index in [1.165, 1.54) is 37.1 Å². The SMILES string of the molecule is O=C(NCc1ccc(N2CCCCC2)cc1)C1CCCN(Cc2nc(-c3ccc(F)cc3)no2)C1. The van der Waals surface area contributed by atoms with Gasteiger partial charge in [-0.1, -0.05) is 17.3 Å². The summed E-state index contributed by atoms with van der Waals surface area (Å²) in [5.41, 5.74) is 3.10. The Hall–Kier alpha value is -3.26. The van der Waals surface area contributed by atoms with Crippen LogP contribution in [0.15, 0.2) is 53.1 Å². The highest BCUT2D eigenvalue weighted by molar-refractivity contribution is 5.79. The van der Waals surface area contributed by atoms with Crippen molar-refractivity contribution in [2.24, 2.45) is 5.92 Å². The fourth-order valence-electron chi connectivity index (χ4n) is 4.95. The third kappa shape index (κ3) is 6.06. The van der Waals surface area contributed by atoms with E-state index in [0.29, 0.717) is 36.9 Å². The molecule has 7 nitrogen and oxygen atoms in total. The number of piperidine rings is 2. The standard InChI is InChI=1S/C27H32FN5O2/c28-23-10-8-21(9-11-23)26-30-25(35-31-26)19-32-14-4-5-22(18-32)27(34)29-17-20-6-12-24(13-7-20)33-15-2-1-3-16-33/h6-13,22H,1-5,14-19H2,(H,29,34). The second-order valence-corrected chi connectivity index (χ2v) is 9.52.